The summed E-state index contributed by atoms with van der Waals surface area (Å²) in [5.74, 6) is -1.27. The number of halogens is 4. The van der Waals surface area contributed by atoms with Crippen LogP contribution in [0.1, 0.15) is 39.5 Å². The first-order chi connectivity index (χ1) is 13.3. The van der Waals surface area contributed by atoms with E-state index in [-0.39, 0.29) is 23.2 Å². The molecule has 0 radical (unpaired) electrons. The van der Waals surface area contributed by atoms with Crippen molar-refractivity contribution in [1.29, 1.82) is 0 Å². The lowest BCUT2D eigenvalue weighted by Crippen LogP contribution is -2.17. The van der Waals surface area contributed by atoms with Crippen molar-refractivity contribution in [2.75, 3.05) is 0 Å². The molecule has 8 heteroatoms. The third-order valence-electron chi connectivity index (χ3n) is 4.24. The molecule has 0 aliphatic rings. The van der Waals surface area contributed by atoms with Crippen molar-refractivity contribution >= 4 is 28.4 Å². The molecule has 0 saturated heterocycles. The van der Waals surface area contributed by atoms with Gasteiger partial charge in [-0.15, -0.1) is 0 Å². The molecule has 0 spiro atoms. The summed E-state index contributed by atoms with van der Waals surface area (Å²) in [6.45, 7) is 0. The quantitative estimate of drug-likeness (QED) is 0.406. The highest BCUT2D eigenvalue weighted by atomic mass is 127. The van der Waals surface area contributed by atoms with Gasteiger partial charge in [0.2, 0.25) is 5.56 Å². The normalized spacial score (nSPS) is 12.6. The number of Topliss-reactive ketones (excluding diaryl/α,β-unsaturated/α-hetero) is 1. The highest BCUT2D eigenvalue weighted by Gasteiger charge is 2.37. The fraction of sp³-hybridized carbons (Fsp3) is 0.150. The number of ketones is 1. The van der Waals surface area contributed by atoms with Gasteiger partial charge >= 0.3 is 6.18 Å². The Bertz CT molecular complexity index is 1030. The van der Waals surface area contributed by atoms with Gasteiger partial charge in [0.05, 0.1) is 11.3 Å². The van der Waals surface area contributed by atoms with Crippen LogP contribution in [0.4, 0.5) is 13.2 Å². The van der Waals surface area contributed by atoms with E-state index in [0.717, 1.165) is 9.64 Å². The SMILES string of the molecule is O=C(CC(c1ccc(I)cc1)c1ncccc1C(F)(F)F)c1ccc(=O)[nH]c1. The van der Waals surface area contributed by atoms with Crippen LogP contribution in [0.5, 0.6) is 0 Å². The molecule has 144 valence electrons. The van der Waals surface area contributed by atoms with Crippen LogP contribution < -0.4 is 5.56 Å². The van der Waals surface area contributed by atoms with Crippen LogP contribution in [0.15, 0.2) is 65.7 Å². The summed E-state index contributed by atoms with van der Waals surface area (Å²) >= 11 is 2.10. The molecule has 2 heterocycles. The average molecular weight is 498 g/mol. The monoisotopic (exact) mass is 498 g/mol. The molecule has 0 aliphatic carbocycles. The summed E-state index contributed by atoms with van der Waals surface area (Å²) in [4.78, 5) is 30.3. The number of carbonyl (C=O) groups is 1. The van der Waals surface area contributed by atoms with Crippen molar-refractivity contribution in [3.8, 4) is 0 Å². The van der Waals surface area contributed by atoms with E-state index in [0.29, 0.717) is 5.56 Å². The van der Waals surface area contributed by atoms with Crippen LogP contribution in [0.25, 0.3) is 0 Å². The molecule has 0 fully saturated rings. The number of hydrogen-bond acceptors (Lipinski definition) is 3. The zero-order chi connectivity index (χ0) is 20.3. The number of carbonyl (C=O) groups excluding carboxylic acids is 1. The number of aromatic amines is 1. The lowest BCUT2D eigenvalue weighted by molar-refractivity contribution is -0.138. The van der Waals surface area contributed by atoms with Crippen molar-refractivity contribution in [1.82, 2.24) is 9.97 Å². The second kappa shape index (κ2) is 8.26. The number of H-pyrrole nitrogens is 1. The number of benzene rings is 1. The lowest BCUT2D eigenvalue weighted by Gasteiger charge is -2.21. The van der Waals surface area contributed by atoms with E-state index in [1.54, 1.807) is 24.3 Å². The topological polar surface area (TPSA) is 62.8 Å². The van der Waals surface area contributed by atoms with Gasteiger partial charge in [0.1, 0.15) is 0 Å². The molecule has 1 atom stereocenters. The second-order valence-corrected chi connectivity index (χ2v) is 7.35. The minimum Gasteiger partial charge on any atom is -0.328 e. The molecule has 28 heavy (non-hydrogen) atoms. The minimum absolute atomic E-state index is 0.200. The zero-order valence-electron chi connectivity index (χ0n) is 14.3. The molecule has 4 nitrogen and oxygen atoms in total. The highest BCUT2D eigenvalue weighted by molar-refractivity contribution is 14.1. The average Bonchev–Trinajstić information content (AvgIpc) is 2.67. The summed E-state index contributed by atoms with van der Waals surface area (Å²) in [6, 6.07) is 11.7. The van der Waals surface area contributed by atoms with Gasteiger partial charge in [-0.1, -0.05) is 12.1 Å². The van der Waals surface area contributed by atoms with Gasteiger partial charge in [0.25, 0.3) is 0 Å². The number of aromatic nitrogens is 2. The molecular weight excluding hydrogens is 484 g/mol. The summed E-state index contributed by atoms with van der Waals surface area (Å²) in [5, 5.41) is 0. The Morgan fingerprint density at radius 3 is 2.43 bits per heavy atom. The molecule has 0 amide bonds. The van der Waals surface area contributed by atoms with Crippen molar-refractivity contribution in [3.63, 3.8) is 0 Å². The molecular formula is C20H14F3IN2O2. The van der Waals surface area contributed by atoms with Crippen molar-refractivity contribution < 1.29 is 18.0 Å². The maximum atomic E-state index is 13.5. The van der Waals surface area contributed by atoms with E-state index in [2.05, 4.69) is 32.6 Å². The van der Waals surface area contributed by atoms with Gasteiger partial charge in [-0.2, -0.15) is 13.2 Å². The summed E-state index contributed by atoms with van der Waals surface area (Å²) < 4.78 is 41.5. The Morgan fingerprint density at radius 2 is 1.82 bits per heavy atom. The summed E-state index contributed by atoms with van der Waals surface area (Å²) in [7, 11) is 0. The molecule has 1 aromatic carbocycles. The van der Waals surface area contributed by atoms with Crippen LogP contribution in [0, 0.1) is 3.57 Å². The number of nitrogens with one attached hydrogen (secondary N) is 1. The van der Waals surface area contributed by atoms with Gasteiger partial charge in [-0.05, 0) is 58.5 Å². The minimum atomic E-state index is -4.59. The Kier molecular flexibility index (Phi) is 5.97. The number of rotatable bonds is 5. The van der Waals surface area contributed by atoms with Crippen molar-refractivity contribution in [3.05, 3.63) is 97.2 Å². The van der Waals surface area contributed by atoms with Gasteiger partial charge in [-0.25, -0.2) is 0 Å². The van der Waals surface area contributed by atoms with Gasteiger partial charge in [-0.3, -0.25) is 14.6 Å². The van der Waals surface area contributed by atoms with E-state index in [1.165, 1.54) is 30.6 Å². The molecule has 1 N–H and O–H groups in total. The standard InChI is InChI=1S/C20H14F3IN2O2/c21-20(22,23)16-2-1-9-25-19(16)15(12-3-6-14(24)7-4-12)10-17(27)13-5-8-18(28)26-11-13/h1-9,11,15H,10H2,(H,26,28). The van der Waals surface area contributed by atoms with Crippen LogP contribution >= 0.6 is 22.6 Å². The molecule has 0 saturated carbocycles. The molecule has 0 bridgehead atoms. The zero-order valence-corrected chi connectivity index (χ0v) is 16.5. The van der Waals surface area contributed by atoms with Crippen molar-refractivity contribution in [2.24, 2.45) is 0 Å². The Hall–Kier alpha value is -2.49. The predicted octanol–water partition coefficient (Wildman–Crippen LogP) is 4.80. The third-order valence-corrected chi connectivity index (χ3v) is 4.96. The maximum absolute atomic E-state index is 13.5. The maximum Gasteiger partial charge on any atom is 0.418 e. The fourth-order valence-corrected chi connectivity index (χ4v) is 3.25. The van der Waals surface area contributed by atoms with Crippen LogP contribution in [0.2, 0.25) is 0 Å². The summed E-state index contributed by atoms with van der Waals surface area (Å²) in [5.41, 5.74) is -0.654. The molecule has 3 aromatic rings. The lowest BCUT2D eigenvalue weighted by atomic mass is 9.86. The second-order valence-electron chi connectivity index (χ2n) is 6.11. The molecule has 2 aromatic heterocycles. The Labute approximate surface area is 172 Å². The number of hydrogen-bond donors (Lipinski definition) is 1. The Morgan fingerprint density at radius 1 is 1.11 bits per heavy atom. The fourth-order valence-electron chi connectivity index (χ4n) is 2.89. The number of pyridine rings is 2. The number of alkyl halides is 3. The first kappa shape index (κ1) is 20.2. The van der Waals surface area contributed by atoms with E-state index in [4.69, 9.17) is 0 Å². The van der Waals surface area contributed by atoms with Gasteiger partial charge in [0, 0.05) is 39.9 Å². The predicted molar refractivity (Wildman–Crippen MR) is 106 cm³/mol. The smallest absolute Gasteiger partial charge is 0.328 e. The van der Waals surface area contributed by atoms with Crippen LogP contribution in [-0.4, -0.2) is 15.8 Å². The van der Waals surface area contributed by atoms with E-state index in [1.807, 2.05) is 0 Å². The molecule has 1 unspecified atom stereocenters. The first-order valence-electron chi connectivity index (χ1n) is 8.25. The van der Waals surface area contributed by atoms with E-state index in [9.17, 15) is 22.8 Å². The van der Waals surface area contributed by atoms with Crippen LogP contribution in [-0.2, 0) is 6.18 Å². The van der Waals surface area contributed by atoms with E-state index >= 15 is 0 Å². The summed E-state index contributed by atoms with van der Waals surface area (Å²) in [6.07, 6.45) is -2.26. The van der Waals surface area contributed by atoms with Gasteiger partial charge in [0.15, 0.2) is 5.78 Å². The third kappa shape index (κ3) is 4.67. The van der Waals surface area contributed by atoms with Crippen molar-refractivity contribution in [2.45, 2.75) is 18.5 Å². The molecule has 0 aliphatic heterocycles. The highest BCUT2D eigenvalue weighted by Crippen LogP contribution is 2.38. The first-order valence-corrected chi connectivity index (χ1v) is 9.33. The van der Waals surface area contributed by atoms with Crippen LogP contribution in [0.3, 0.4) is 0 Å². The number of nitrogens with zero attached hydrogens (tertiary/aromatic N) is 1. The largest absolute Gasteiger partial charge is 0.418 e. The molecule has 3 rings (SSSR count). The van der Waals surface area contributed by atoms with E-state index < -0.39 is 23.4 Å². The Balaban J connectivity index is 2.06. The van der Waals surface area contributed by atoms with Gasteiger partial charge < -0.3 is 4.98 Å².